The Morgan fingerprint density at radius 2 is 1.49 bits per heavy atom. The Bertz CT molecular complexity index is 964. The summed E-state index contributed by atoms with van der Waals surface area (Å²) in [5.74, 6) is 4.67. The van der Waals surface area contributed by atoms with E-state index in [1.54, 1.807) is 36.7 Å². The number of hydrogen-bond donors (Lipinski definition) is 2. The van der Waals surface area contributed by atoms with E-state index < -0.39 is 0 Å². The molecule has 0 aliphatic carbocycles. The van der Waals surface area contributed by atoms with Gasteiger partial charge in [0.05, 0.1) is 56.3 Å². The molecule has 12 heteroatoms. The minimum absolute atomic E-state index is 0. The first-order valence-electron chi connectivity index (χ1n) is 11.5. The van der Waals surface area contributed by atoms with Gasteiger partial charge < -0.3 is 14.8 Å². The van der Waals surface area contributed by atoms with E-state index in [0.717, 1.165) is 34.9 Å². The molecule has 0 fully saturated rings. The second-order valence-electron chi connectivity index (χ2n) is 7.65. The first-order chi connectivity index (χ1) is 17.7. The van der Waals surface area contributed by atoms with E-state index in [2.05, 4.69) is 29.5 Å². The third kappa shape index (κ3) is 13.2. The van der Waals surface area contributed by atoms with Crippen LogP contribution in [0.3, 0.4) is 0 Å². The second-order valence-corrected chi connectivity index (χ2v) is 8.42. The van der Waals surface area contributed by atoms with Gasteiger partial charge >= 0.3 is 0 Å². The molecule has 3 rings (SSSR count). The summed E-state index contributed by atoms with van der Waals surface area (Å²) >= 11 is 0.975. The predicted molar refractivity (Wildman–Crippen MR) is 136 cm³/mol. The zero-order chi connectivity index (χ0) is 25.3. The average Bonchev–Trinajstić information content (AvgIpc) is 2.91. The van der Waals surface area contributed by atoms with E-state index in [1.807, 2.05) is 36.4 Å². The van der Waals surface area contributed by atoms with Gasteiger partial charge in [-0.15, -0.1) is 9.32 Å². The van der Waals surface area contributed by atoms with Gasteiger partial charge in [-0.25, -0.2) is 0 Å². The maximum absolute atomic E-state index is 12.1. The fourth-order valence-electron chi connectivity index (χ4n) is 3.21. The number of pyridine rings is 2. The van der Waals surface area contributed by atoms with Gasteiger partial charge in [-0.3, -0.25) is 19.7 Å². The summed E-state index contributed by atoms with van der Waals surface area (Å²) < 4.78 is 15.9. The maximum Gasteiger partial charge on any atom is 0.226 e. The van der Waals surface area contributed by atoms with E-state index in [-0.39, 0.29) is 32.8 Å². The Hall–Kier alpha value is -2.24. The molecular formula is C25H31N5O5ReS. The molecule has 37 heavy (non-hydrogen) atoms. The van der Waals surface area contributed by atoms with Crippen molar-refractivity contribution in [3.63, 3.8) is 0 Å². The number of aromatic nitrogens is 2. The van der Waals surface area contributed by atoms with E-state index in [1.165, 1.54) is 0 Å². The van der Waals surface area contributed by atoms with Crippen molar-refractivity contribution in [3.05, 3.63) is 84.4 Å². The molecule has 0 aliphatic rings. The molecule has 0 unspecified atom stereocenters. The molecule has 0 spiro atoms. The first kappa shape index (κ1) is 31.0. The summed E-state index contributed by atoms with van der Waals surface area (Å²) in [6, 6.07) is 18.9. The summed E-state index contributed by atoms with van der Waals surface area (Å²) in [5, 5.41) is 2.82. The molecule has 2 aromatic heterocycles. The SMILES string of the molecule is NOOSc1ccc(NC(=O)CCOCCOCCN(Cc2ccccn2)Cc2ccccn2)cc1.[Re]. The van der Waals surface area contributed by atoms with Crippen LogP contribution in [0.15, 0.2) is 78.0 Å². The Morgan fingerprint density at radius 3 is 2.05 bits per heavy atom. The summed E-state index contributed by atoms with van der Waals surface area (Å²) in [4.78, 5) is 28.0. The number of nitrogens with two attached hydrogens (primary N) is 1. The van der Waals surface area contributed by atoms with Gasteiger partial charge in [0.25, 0.3) is 0 Å². The van der Waals surface area contributed by atoms with Gasteiger partial charge in [0.1, 0.15) is 0 Å². The fraction of sp³-hybridized carbons (Fsp3) is 0.320. The number of carbonyl (C=O) groups excluding carboxylic acids is 1. The van der Waals surface area contributed by atoms with Crippen molar-refractivity contribution in [1.29, 1.82) is 0 Å². The zero-order valence-corrected chi connectivity index (χ0v) is 23.9. The number of nitrogens with one attached hydrogen (secondary N) is 1. The number of carbonyl (C=O) groups is 1. The maximum atomic E-state index is 12.1. The van der Waals surface area contributed by atoms with Crippen LogP contribution in [-0.2, 0) is 57.1 Å². The second kappa shape index (κ2) is 18.9. The van der Waals surface area contributed by atoms with Gasteiger partial charge in [0.2, 0.25) is 5.91 Å². The topological polar surface area (TPSA) is 121 Å². The van der Waals surface area contributed by atoms with E-state index in [0.29, 0.717) is 45.2 Å². The van der Waals surface area contributed by atoms with Crippen molar-refractivity contribution in [3.8, 4) is 0 Å². The van der Waals surface area contributed by atoms with Crippen LogP contribution in [0.5, 0.6) is 0 Å². The Morgan fingerprint density at radius 1 is 0.865 bits per heavy atom. The molecule has 10 nitrogen and oxygen atoms in total. The van der Waals surface area contributed by atoms with Crippen molar-refractivity contribution >= 4 is 23.6 Å². The van der Waals surface area contributed by atoms with E-state index in [9.17, 15) is 4.79 Å². The van der Waals surface area contributed by atoms with Crippen molar-refractivity contribution in [1.82, 2.24) is 14.9 Å². The van der Waals surface area contributed by atoms with Crippen LogP contribution in [0.25, 0.3) is 0 Å². The van der Waals surface area contributed by atoms with Crippen LogP contribution in [0.2, 0.25) is 0 Å². The van der Waals surface area contributed by atoms with Crippen LogP contribution in [0.4, 0.5) is 5.69 Å². The van der Waals surface area contributed by atoms with Crippen LogP contribution in [-0.4, -0.2) is 53.7 Å². The van der Waals surface area contributed by atoms with Crippen molar-refractivity contribution in [2.24, 2.45) is 5.90 Å². The van der Waals surface area contributed by atoms with Gasteiger partial charge in [-0.05, 0) is 48.5 Å². The molecular weight excluding hydrogens is 669 g/mol. The van der Waals surface area contributed by atoms with Gasteiger partial charge in [-0.2, -0.15) is 5.90 Å². The summed E-state index contributed by atoms with van der Waals surface area (Å²) in [5.41, 5.74) is 2.68. The number of hydrogen-bond acceptors (Lipinski definition) is 10. The summed E-state index contributed by atoms with van der Waals surface area (Å²) in [6.07, 6.45) is 3.85. The predicted octanol–water partition coefficient (Wildman–Crippen LogP) is 3.37. The van der Waals surface area contributed by atoms with Gasteiger partial charge in [0.15, 0.2) is 0 Å². The van der Waals surface area contributed by atoms with Crippen molar-refractivity contribution in [2.75, 3.05) is 38.3 Å². The minimum Gasteiger partial charge on any atom is -0.379 e. The number of anilines is 1. The third-order valence-electron chi connectivity index (χ3n) is 4.93. The monoisotopic (exact) mass is 700 g/mol. The van der Waals surface area contributed by atoms with Crippen LogP contribution >= 0.6 is 12.0 Å². The molecule has 2 heterocycles. The molecule has 0 bridgehead atoms. The molecule has 199 valence electrons. The van der Waals surface area contributed by atoms with Gasteiger partial charge in [-0.1, -0.05) is 12.1 Å². The quantitative estimate of drug-likeness (QED) is 0.0940. The normalized spacial score (nSPS) is 10.8. The molecule has 1 radical (unpaired) electrons. The van der Waals surface area contributed by atoms with Crippen molar-refractivity contribution in [2.45, 2.75) is 24.4 Å². The largest absolute Gasteiger partial charge is 0.379 e. The Balaban J connectivity index is 0.00000481. The molecule has 3 N–H and O–H groups in total. The molecule has 0 atom stereocenters. The van der Waals surface area contributed by atoms with Crippen LogP contribution in [0.1, 0.15) is 17.8 Å². The molecule has 0 aliphatic heterocycles. The minimum atomic E-state index is -0.127. The molecule has 1 amide bonds. The molecule has 0 saturated heterocycles. The first-order valence-corrected chi connectivity index (χ1v) is 12.2. The summed E-state index contributed by atoms with van der Waals surface area (Å²) in [7, 11) is 0. The summed E-state index contributed by atoms with van der Waals surface area (Å²) in [6.45, 7) is 3.90. The smallest absolute Gasteiger partial charge is 0.226 e. The average molecular weight is 700 g/mol. The Labute approximate surface area is 235 Å². The van der Waals surface area contributed by atoms with E-state index in [4.69, 9.17) is 15.4 Å². The van der Waals surface area contributed by atoms with Gasteiger partial charge in [0, 0.05) is 63.0 Å². The van der Waals surface area contributed by atoms with Crippen molar-refractivity contribution < 1.29 is 44.0 Å². The number of benzene rings is 1. The molecule has 1 aromatic carbocycles. The third-order valence-corrected chi connectivity index (χ3v) is 5.54. The Kier molecular flexibility index (Phi) is 15.8. The van der Waals surface area contributed by atoms with Crippen LogP contribution in [0, 0.1) is 0 Å². The standard InChI is InChI=1S/C25H31N5O5S.Re/c26-34-35-36-24-9-7-21(8-10-24)29-25(31)11-15-32-17-18-33-16-14-30(19-22-5-1-3-12-27-22)20-23-6-2-4-13-28-23;/h1-10,12-13H,11,14-20,26H2,(H,29,31);. The zero-order valence-electron chi connectivity index (χ0n) is 20.3. The number of nitrogens with zero attached hydrogens (tertiary/aromatic N) is 3. The number of rotatable bonds is 17. The van der Waals surface area contributed by atoms with Crippen LogP contribution < -0.4 is 11.2 Å². The number of ether oxygens (including phenoxy) is 2. The fourth-order valence-corrected chi connectivity index (χ4v) is 3.58. The molecule has 0 saturated carbocycles. The molecule has 3 aromatic rings. The van der Waals surface area contributed by atoms with E-state index >= 15 is 0 Å². The number of amides is 1.